The fraction of sp³-hybridized carbons (Fsp3) is 0.536. The van der Waals surface area contributed by atoms with Gasteiger partial charge in [-0.1, -0.05) is 38.8 Å². The Morgan fingerprint density at radius 1 is 1.24 bits per heavy atom. The number of nitrogens with one attached hydrogen (secondary N) is 2. The fourth-order valence-corrected chi connectivity index (χ4v) is 5.80. The molecule has 3 amide bonds. The number of rotatable bonds is 11. The zero-order valence-electron chi connectivity index (χ0n) is 23.3. The van der Waals surface area contributed by atoms with E-state index in [0.717, 1.165) is 30.6 Å². The molecule has 0 radical (unpaired) electrons. The summed E-state index contributed by atoms with van der Waals surface area (Å²) in [6.07, 6.45) is 2.92. The Morgan fingerprint density at radius 2 is 2.00 bits per heavy atom. The van der Waals surface area contributed by atoms with Crippen molar-refractivity contribution < 1.29 is 32.6 Å². The van der Waals surface area contributed by atoms with E-state index >= 15 is 0 Å². The minimum Gasteiger partial charge on any atom is -0.433 e. The monoisotopic (exact) mass is 612 g/mol. The SMILES string of the molecule is CC(C)(C)CN(C1CCC1)[C@H](CNC(=O)c1ccc(Cl)s1)C(=O)Nc1ccc(N2CCOCC2=O)c(OC(F)F)c1. The number of thiophene rings is 1. The van der Waals surface area contributed by atoms with E-state index in [1.165, 1.54) is 23.1 Å². The average molecular weight is 613 g/mol. The van der Waals surface area contributed by atoms with E-state index in [2.05, 4.69) is 36.3 Å². The Balaban J connectivity index is 1.59. The first kappa shape index (κ1) is 31.1. The van der Waals surface area contributed by atoms with Crippen molar-refractivity contribution >= 4 is 52.0 Å². The van der Waals surface area contributed by atoms with Crippen LogP contribution in [-0.2, 0) is 14.3 Å². The van der Waals surface area contributed by atoms with Gasteiger partial charge in [-0.25, -0.2) is 0 Å². The number of anilines is 2. The quantitative estimate of drug-likeness (QED) is 0.370. The second kappa shape index (κ2) is 13.5. The second-order valence-electron chi connectivity index (χ2n) is 11.3. The van der Waals surface area contributed by atoms with E-state index < -0.39 is 18.6 Å². The van der Waals surface area contributed by atoms with Crippen LogP contribution in [0.4, 0.5) is 20.2 Å². The number of alkyl halides is 2. The summed E-state index contributed by atoms with van der Waals surface area (Å²) >= 11 is 7.14. The highest BCUT2D eigenvalue weighted by Crippen LogP contribution is 2.35. The Labute approximate surface area is 247 Å². The smallest absolute Gasteiger partial charge is 0.387 e. The Bertz CT molecular complexity index is 1250. The van der Waals surface area contributed by atoms with Crippen LogP contribution in [0.15, 0.2) is 30.3 Å². The summed E-state index contributed by atoms with van der Waals surface area (Å²) in [6.45, 7) is 4.03. The maximum atomic E-state index is 13.8. The van der Waals surface area contributed by atoms with Crippen molar-refractivity contribution in [3.05, 3.63) is 39.5 Å². The molecular weight excluding hydrogens is 578 g/mol. The van der Waals surface area contributed by atoms with Crippen LogP contribution in [0.5, 0.6) is 5.75 Å². The molecule has 0 bridgehead atoms. The molecule has 4 rings (SSSR count). The molecule has 1 saturated heterocycles. The summed E-state index contributed by atoms with van der Waals surface area (Å²) in [7, 11) is 0. The number of benzene rings is 1. The van der Waals surface area contributed by atoms with Gasteiger partial charge in [0.25, 0.3) is 11.8 Å². The molecule has 2 N–H and O–H groups in total. The molecule has 2 aromatic rings. The summed E-state index contributed by atoms with van der Waals surface area (Å²) in [5.74, 6) is -1.36. The minimum atomic E-state index is -3.13. The summed E-state index contributed by atoms with van der Waals surface area (Å²) in [5.41, 5.74) is 0.254. The molecule has 41 heavy (non-hydrogen) atoms. The number of morpholine rings is 1. The summed E-state index contributed by atoms with van der Waals surface area (Å²) in [4.78, 5) is 42.9. The fourth-order valence-electron chi connectivity index (χ4n) is 4.84. The van der Waals surface area contributed by atoms with E-state index in [-0.39, 0.29) is 66.7 Å². The van der Waals surface area contributed by atoms with Gasteiger partial charge in [0.2, 0.25) is 5.91 Å². The lowest BCUT2D eigenvalue weighted by Gasteiger charge is -2.44. The van der Waals surface area contributed by atoms with Crippen LogP contribution in [0.2, 0.25) is 4.34 Å². The lowest BCUT2D eigenvalue weighted by Crippen LogP contribution is -2.58. The maximum absolute atomic E-state index is 13.8. The van der Waals surface area contributed by atoms with Gasteiger partial charge in [0.15, 0.2) is 5.75 Å². The molecule has 9 nitrogen and oxygen atoms in total. The topological polar surface area (TPSA) is 100 Å². The van der Waals surface area contributed by atoms with E-state index in [1.807, 2.05) is 0 Å². The van der Waals surface area contributed by atoms with E-state index in [1.54, 1.807) is 12.1 Å². The van der Waals surface area contributed by atoms with Crippen molar-refractivity contribution in [2.45, 2.75) is 58.7 Å². The van der Waals surface area contributed by atoms with Crippen LogP contribution in [0.25, 0.3) is 0 Å². The number of halogens is 3. The molecule has 1 saturated carbocycles. The highest BCUT2D eigenvalue weighted by Gasteiger charge is 2.37. The van der Waals surface area contributed by atoms with Gasteiger partial charge in [-0.05, 0) is 42.5 Å². The third-order valence-corrected chi connectivity index (χ3v) is 8.11. The van der Waals surface area contributed by atoms with Gasteiger partial charge in [0.05, 0.1) is 21.5 Å². The first-order valence-electron chi connectivity index (χ1n) is 13.5. The number of hydrogen-bond acceptors (Lipinski definition) is 7. The lowest BCUT2D eigenvalue weighted by atomic mass is 9.86. The van der Waals surface area contributed by atoms with Crippen LogP contribution in [-0.4, -0.2) is 74.2 Å². The molecule has 1 atom stereocenters. The van der Waals surface area contributed by atoms with E-state index in [9.17, 15) is 23.2 Å². The molecule has 0 spiro atoms. The molecule has 2 fully saturated rings. The Morgan fingerprint density at radius 3 is 2.59 bits per heavy atom. The highest BCUT2D eigenvalue weighted by molar-refractivity contribution is 7.18. The van der Waals surface area contributed by atoms with E-state index in [4.69, 9.17) is 21.1 Å². The number of ether oxygens (including phenoxy) is 2. The standard InChI is InChI=1S/C28H35ClF2N4O5S/c1-28(2,3)16-35(18-5-4-6-18)20(14-32-26(38)22-9-10-23(29)41-22)25(37)33-17-7-8-19(21(13-17)40-27(30)31)34-11-12-39-15-24(34)36/h7-10,13,18,20,27H,4-6,11-12,14-16H2,1-3H3,(H,32,38)(H,33,37)/t20-/m1/s1. The van der Waals surface area contributed by atoms with Crippen molar-refractivity contribution in [2.75, 3.05) is 43.1 Å². The van der Waals surface area contributed by atoms with Crippen molar-refractivity contribution in [3.8, 4) is 5.75 Å². The normalized spacial score (nSPS) is 17.0. The Kier molecular flexibility index (Phi) is 10.2. The van der Waals surface area contributed by atoms with Crippen LogP contribution in [0, 0.1) is 5.41 Å². The van der Waals surface area contributed by atoms with E-state index in [0.29, 0.717) is 15.8 Å². The predicted molar refractivity (Wildman–Crippen MR) is 154 cm³/mol. The molecule has 1 aliphatic carbocycles. The summed E-state index contributed by atoms with van der Waals surface area (Å²) in [6, 6.07) is 6.98. The largest absolute Gasteiger partial charge is 0.433 e. The third-order valence-electron chi connectivity index (χ3n) is 6.88. The van der Waals surface area contributed by atoms with Crippen molar-refractivity contribution in [2.24, 2.45) is 5.41 Å². The van der Waals surface area contributed by atoms with Crippen LogP contribution in [0.1, 0.15) is 49.7 Å². The third kappa shape index (κ3) is 8.37. The predicted octanol–water partition coefficient (Wildman–Crippen LogP) is 5.00. The van der Waals surface area contributed by atoms with Gasteiger partial charge in [-0.15, -0.1) is 11.3 Å². The van der Waals surface area contributed by atoms with Gasteiger partial charge in [0.1, 0.15) is 12.6 Å². The van der Waals surface area contributed by atoms with Crippen molar-refractivity contribution in [1.29, 1.82) is 0 Å². The van der Waals surface area contributed by atoms with Gasteiger partial charge in [0, 0.05) is 37.4 Å². The number of carbonyl (C=O) groups excluding carboxylic acids is 3. The molecule has 1 aromatic carbocycles. The maximum Gasteiger partial charge on any atom is 0.387 e. The Hall–Kier alpha value is -2.80. The average Bonchev–Trinajstić information content (AvgIpc) is 3.29. The summed E-state index contributed by atoms with van der Waals surface area (Å²) in [5, 5.41) is 5.70. The van der Waals surface area contributed by atoms with Gasteiger partial charge >= 0.3 is 6.61 Å². The first-order chi connectivity index (χ1) is 19.4. The van der Waals surface area contributed by atoms with Crippen molar-refractivity contribution in [1.82, 2.24) is 10.2 Å². The number of hydrogen-bond donors (Lipinski definition) is 2. The summed E-state index contributed by atoms with van der Waals surface area (Å²) < 4.78 is 37.0. The molecule has 1 aromatic heterocycles. The zero-order valence-corrected chi connectivity index (χ0v) is 24.8. The van der Waals surface area contributed by atoms with Crippen LogP contribution >= 0.6 is 22.9 Å². The number of amides is 3. The van der Waals surface area contributed by atoms with Gasteiger partial charge < -0.3 is 25.0 Å². The molecule has 13 heteroatoms. The zero-order chi connectivity index (χ0) is 29.7. The van der Waals surface area contributed by atoms with Crippen LogP contribution in [0.3, 0.4) is 0 Å². The van der Waals surface area contributed by atoms with Gasteiger partial charge in [-0.3, -0.25) is 19.3 Å². The number of nitrogens with zero attached hydrogens (tertiary/aromatic N) is 2. The van der Waals surface area contributed by atoms with Crippen molar-refractivity contribution in [3.63, 3.8) is 0 Å². The molecule has 1 aliphatic heterocycles. The second-order valence-corrected chi connectivity index (χ2v) is 13.0. The number of carbonyl (C=O) groups is 3. The van der Waals surface area contributed by atoms with Gasteiger partial charge in [-0.2, -0.15) is 8.78 Å². The lowest BCUT2D eigenvalue weighted by molar-refractivity contribution is -0.126. The minimum absolute atomic E-state index is 0.0352. The highest BCUT2D eigenvalue weighted by atomic mass is 35.5. The molecule has 2 heterocycles. The van der Waals surface area contributed by atoms with Crippen LogP contribution < -0.4 is 20.3 Å². The first-order valence-corrected chi connectivity index (χ1v) is 14.7. The molecular formula is C28H35ClF2N4O5S. The molecule has 2 aliphatic rings. The molecule has 224 valence electrons. The molecule has 0 unspecified atom stereocenters.